The molecule has 0 aromatic heterocycles. The second-order valence-electron chi connectivity index (χ2n) is 4.32. The first kappa shape index (κ1) is 12.9. The zero-order chi connectivity index (χ0) is 12.6. The smallest absolute Gasteiger partial charge is 0.304 e. The zero-order valence-corrected chi connectivity index (χ0v) is 11.7. The van der Waals surface area contributed by atoms with Crippen molar-refractivity contribution in [2.45, 2.75) is 29.6 Å². The minimum atomic E-state index is -0.826. The van der Waals surface area contributed by atoms with Gasteiger partial charge in [0.15, 0.2) is 0 Å². The van der Waals surface area contributed by atoms with Gasteiger partial charge in [0, 0.05) is 9.89 Å². The third-order valence-corrected chi connectivity index (χ3v) is 4.87. The maximum Gasteiger partial charge on any atom is 0.304 e. The van der Waals surface area contributed by atoms with Gasteiger partial charge in [-0.2, -0.15) is 0 Å². The predicted octanol–water partition coefficient (Wildman–Crippen LogP) is 3.82. The first-order valence-electron chi connectivity index (χ1n) is 5.24. The molecule has 0 amide bonds. The van der Waals surface area contributed by atoms with Crippen LogP contribution in [-0.4, -0.2) is 17.3 Å². The van der Waals surface area contributed by atoms with Gasteiger partial charge in [-0.05, 0) is 52.7 Å². The first-order chi connectivity index (χ1) is 7.98. The van der Waals surface area contributed by atoms with Crippen molar-refractivity contribution in [1.29, 1.82) is 0 Å². The van der Waals surface area contributed by atoms with Crippen LogP contribution < -0.4 is 0 Å². The first-order valence-corrected chi connectivity index (χ1v) is 7.25. The van der Waals surface area contributed by atoms with Crippen LogP contribution in [0, 0.1) is 5.82 Å². The Balaban J connectivity index is 2.37. The van der Waals surface area contributed by atoms with Crippen molar-refractivity contribution in [3.05, 3.63) is 28.0 Å². The van der Waals surface area contributed by atoms with E-state index in [1.54, 1.807) is 0 Å². The summed E-state index contributed by atoms with van der Waals surface area (Å²) in [5.74, 6) is -1.11. The van der Waals surface area contributed by atoms with E-state index in [2.05, 4.69) is 15.9 Å². The Morgan fingerprint density at radius 2 is 2.24 bits per heavy atom. The number of hydrogen-bond acceptors (Lipinski definition) is 2. The summed E-state index contributed by atoms with van der Waals surface area (Å²) in [7, 11) is 0. The second-order valence-corrected chi connectivity index (χ2v) is 5.99. The second kappa shape index (κ2) is 4.61. The predicted molar refractivity (Wildman–Crippen MR) is 69.0 cm³/mol. The number of carboxylic acid groups (broad SMARTS) is 1. The maximum absolute atomic E-state index is 13.8. The van der Waals surface area contributed by atoms with Gasteiger partial charge < -0.3 is 5.11 Å². The molecule has 0 spiro atoms. The molecule has 17 heavy (non-hydrogen) atoms. The summed E-state index contributed by atoms with van der Waals surface area (Å²) in [6, 6.07) is 3.33. The summed E-state index contributed by atoms with van der Waals surface area (Å²) in [6.07, 6.45) is 3.54. The Hall–Kier alpha value is -0.550. The monoisotopic (exact) mass is 318 g/mol. The van der Waals surface area contributed by atoms with Gasteiger partial charge in [0.2, 0.25) is 0 Å². The molecule has 0 atom stereocenters. The van der Waals surface area contributed by atoms with Crippen LogP contribution in [-0.2, 0) is 10.2 Å². The molecule has 0 radical (unpaired) electrons. The van der Waals surface area contributed by atoms with Crippen LogP contribution in [0.1, 0.15) is 24.8 Å². The molecule has 1 aromatic rings. The standard InChI is InChI=1S/C12H12BrFO2S/c1-17-11-8(13)4-7(5-9(11)14)12(2-3-12)6-10(15)16/h4-5H,2-3,6H2,1H3,(H,15,16). The summed E-state index contributed by atoms with van der Waals surface area (Å²) in [4.78, 5) is 11.4. The van der Waals surface area contributed by atoms with Gasteiger partial charge in [-0.1, -0.05) is 0 Å². The van der Waals surface area contributed by atoms with Gasteiger partial charge in [-0.3, -0.25) is 4.79 Å². The molecule has 0 heterocycles. The number of hydrogen-bond donors (Lipinski definition) is 1. The highest BCUT2D eigenvalue weighted by Gasteiger charge is 2.46. The summed E-state index contributed by atoms with van der Waals surface area (Å²) < 4.78 is 14.5. The Bertz CT molecular complexity index is 449. The summed E-state index contributed by atoms with van der Waals surface area (Å²) in [5.41, 5.74) is 0.452. The van der Waals surface area contributed by atoms with E-state index in [0.29, 0.717) is 9.37 Å². The van der Waals surface area contributed by atoms with Gasteiger partial charge in [0.05, 0.1) is 11.3 Å². The van der Waals surface area contributed by atoms with E-state index >= 15 is 0 Å². The summed E-state index contributed by atoms with van der Waals surface area (Å²) >= 11 is 4.67. The fourth-order valence-corrected chi connectivity index (χ4v) is 3.50. The normalized spacial score (nSPS) is 16.9. The largest absolute Gasteiger partial charge is 0.481 e. The number of carboxylic acids is 1. The van der Waals surface area contributed by atoms with Crippen LogP contribution in [0.15, 0.2) is 21.5 Å². The Kier molecular flexibility index (Phi) is 3.50. The molecule has 1 aliphatic rings. The molecule has 5 heteroatoms. The summed E-state index contributed by atoms with van der Waals surface area (Å²) in [5, 5.41) is 8.88. The third-order valence-electron chi connectivity index (χ3n) is 3.16. The lowest BCUT2D eigenvalue weighted by Gasteiger charge is -2.15. The molecule has 0 aliphatic heterocycles. The number of thioether (sulfide) groups is 1. The number of benzene rings is 1. The Labute approximate surface area is 112 Å². The van der Waals surface area contributed by atoms with Crippen LogP contribution in [0.3, 0.4) is 0 Å². The van der Waals surface area contributed by atoms with Gasteiger partial charge >= 0.3 is 5.97 Å². The molecule has 0 bridgehead atoms. The molecule has 0 unspecified atom stereocenters. The highest BCUT2D eigenvalue weighted by molar-refractivity contribution is 9.10. The van der Waals surface area contributed by atoms with Crippen molar-refractivity contribution < 1.29 is 14.3 Å². The number of carbonyl (C=O) groups is 1. The molecule has 1 fully saturated rings. The minimum absolute atomic E-state index is 0.0808. The van der Waals surface area contributed by atoms with Crippen LogP contribution in [0.2, 0.25) is 0 Å². The molecule has 0 saturated heterocycles. The number of halogens is 2. The lowest BCUT2D eigenvalue weighted by atomic mass is 9.92. The SMILES string of the molecule is CSc1c(F)cc(C2(CC(=O)O)CC2)cc1Br. The third kappa shape index (κ3) is 2.50. The van der Waals surface area contributed by atoms with Crippen LogP contribution in [0.25, 0.3) is 0 Å². The van der Waals surface area contributed by atoms with Crippen molar-refractivity contribution in [3.8, 4) is 0 Å². The average Bonchev–Trinajstić information content (AvgIpc) is 2.97. The van der Waals surface area contributed by atoms with Crippen molar-refractivity contribution in [2.24, 2.45) is 0 Å². The fraction of sp³-hybridized carbons (Fsp3) is 0.417. The number of rotatable bonds is 4. The van der Waals surface area contributed by atoms with Gasteiger partial charge in [-0.15, -0.1) is 11.8 Å². The summed E-state index contributed by atoms with van der Waals surface area (Å²) in [6.45, 7) is 0. The minimum Gasteiger partial charge on any atom is -0.481 e. The van der Waals surface area contributed by atoms with Crippen LogP contribution in [0.5, 0.6) is 0 Å². The van der Waals surface area contributed by atoms with Crippen molar-refractivity contribution in [1.82, 2.24) is 0 Å². The highest BCUT2D eigenvalue weighted by Crippen LogP contribution is 2.52. The van der Waals surface area contributed by atoms with Gasteiger partial charge in [0.25, 0.3) is 0 Å². The van der Waals surface area contributed by atoms with Crippen molar-refractivity contribution >= 4 is 33.7 Å². The molecule has 1 aliphatic carbocycles. The van der Waals surface area contributed by atoms with E-state index in [-0.39, 0.29) is 17.7 Å². The fourth-order valence-electron chi connectivity index (χ4n) is 2.07. The van der Waals surface area contributed by atoms with E-state index < -0.39 is 5.97 Å². The van der Waals surface area contributed by atoms with Crippen LogP contribution >= 0.6 is 27.7 Å². The lowest BCUT2D eigenvalue weighted by Crippen LogP contribution is -2.13. The number of aliphatic carboxylic acids is 1. The Morgan fingerprint density at radius 3 is 2.65 bits per heavy atom. The lowest BCUT2D eigenvalue weighted by molar-refractivity contribution is -0.137. The molecule has 2 nitrogen and oxygen atoms in total. The maximum atomic E-state index is 13.8. The molecule has 2 rings (SSSR count). The zero-order valence-electron chi connectivity index (χ0n) is 9.30. The molecular weight excluding hydrogens is 307 g/mol. The quantitative estimate of drug-likeness (QED) is 0.857. The Morgan fingerprint density at radius 1 is 1.59 bits per heavy atom. The average molecular weight is 319 g/mol. The van der Waals surface area contributed by atoms with E-state index in [9.17, 15) is 9.18 Å². The van der Waals surface area contributed by atoms with E-state index in [4.69, 9.17) is 5.11 Å². The highest BCUT2D eigenvalue weighted by atomic mass is 79.9. The van der Waals surface area contributed by atoms with Crippen molar-refractivity contribution in [3.63, 3.8) is 0 Å². The van der Waals surface area contributed by atoms with Crippen LogP contribution in [0.4, 0.5) is 4.39 Å². The van der Waals surface area contributed by atoms with E-state index in [1.807, 2.05) is 12.3 Å². The van der Waals surface area contributed by atoms with Gasteiger partial charge in [-0.25, -0.2) is 4.39 Å². The molecule has 1 aromatic carbocycles. The van der Waals surface area contributed by atoms with Gasteiger partial charge in [0.1, 0.15) is 5.82 Å². The molecule has 92 valence electrons. The topological polar surface area (TPSA) is 37.3 Å². The molecule has 1 N–H and O–H groups in total. The molecular formula is C12H12BrFO2S. The van der Waals surface area contributed by atoms with E-state index in [1.165, 1.54) is 17.8 Å². The van der Waals surface area contributed by atoms with E-state index in [0.717, 1.165) is 18.4 Å². The van der Waals surface area contributed by atoms with Crippen molar-refractivity contribution in [2.75, 3.05) is 6.26 Å². The molecule has 1 saturated carbocycles.